The molecule has 0 aliphatic rings. The molecule has 0 aliphatic carbocycles. The van der Waals surface area contributed by atoms with Gasteiger partial charge in [-0.2, -0.15) is 0 Å². The molecular weight excluding hydrogens is 409 g/mol. The fourth-order valence-corrected chi connectivity index (χ4v) is 0. The van der Waals surface area contributed by atoms with E-state index in [0.29, 0.717) is 0 Å². The van der Waals surface area contributed by atoms with Crippen molar-refractivity contribution in [3.63, 3.8) is 0 Å². The Morgan fingerprint density at radius 3 is 0.600 bits per heavy atom. The first-order chi connectivity index (χ1) is 0. The molecule has 0 aliphatic heterocycles. The summed E-state index contributed by atoms with van der Waals surface area (Å²) in [6.45, 7) is 0. The molecule has 1 radical (unpaired) electrons. The van der Waals surface area contributed by atoms with Gasteiger partial charge in [0.15, 0.2) is 0 Å². The normalized spacial score (nSPS) is 0. The molecule has 0 heterocycles. The molecule has 0 spiro atoms. The largest absolute Gasteiger partial charge is 0.147 e. The van der Waals surface area contributed by atoms with E-state index in [-0.39, 0.29) is 127 Å². The summed E-state index contributed by atoms with van der Waals surface area (Å²) < 4.78 is 0. The van der Waals surface area contributed by atoms with E-state index in [1.807, 2.05) is 0 Å². The third-order valence-electron chi connectivity index (χ3n) is 0. The first-order valence-electron chi connectivity index (χ1n) is 0. The topological polar surface area (TPSA) is 0 Å². The van der Waals surface area contributed by atoms with Crippen LogP contribution in [0.1, 0.15) is 0 Å². The van der Waals surface area contributed by atoms with Crippen LogP contribution in [-0.2, 0) is 0 Å². The minimum absolute atomic E-state index is 0. The van der Waals surface area contributed by atoms with Crippen molar-refractivity contribution in [2.75, 3.05) is 0 Å². The zero-order valence-corrected chi connectivity index (χ0v) is 9.50. The Balaban J connectivity index is 0. The SMILES string of the molecule is Cl.Cl.Cl.[Eu].[Sm]. The van der Waals surface area contributed by atoms with Crippen LogP contribution in [0.5, 0.6) is 0 Å². The average molecular weight is 412 g/mol. The fourth-order valence-electron chi connectivity index (χ4n) is 0. The van der Waals surface area contributed by atoms with E-state index in [0.717, 1.165) is 0 Å². The van der Waals surface area contributed by atoms with Crippen molar-refractivity contribution in [2.45, 2.75) is 0 Å². The van der Waals surface area contributed by atoms with E-state index >= 15 is 0 Å². The van der Waals surface area contributed by atoms with Gasteiger partial charge >= 0.3 is 0 Å². The summed E-state index contributed by atoms with van der Waals surface area (Å²) in [4.78, 5) is 0. The average Bonchev–Trinajstić information content (AvgIpc) is 0. The molecule has 0 aromatic rings. The van der Waals surface area contributed by atoms with Gasteiger partial charge < -0.3 is 0 Å². The maximum Gasteiger partial charge on any atom is 0 e. The quantitative estimate of drug-likeness (QED) is 0.563. The summed E-state index contributed by atoms with van der Waals surface area (Å²) in [7, 11) is 0. The minimum atomic E-state index is 0. The van der Waals surface area contributed by atoms with Crippen LogP contribution in [-0.4, -0.2) is 0 Å². The Bertz CT molecular complexity index is 6.85. The van der Waals surface area contributed by atoms with Crippen molar-refractivity contribution in [3.8, 4) is 0 Å². The van der Waals surface area contributed by atoms with E-state index in [2.05, 4.69) is 0 Å². The Kier molecular flexibility index (Phi) is 186. The number of hydrogen-bond donors (Lipinski definition) is 0. The second kappa shape index (κ2) is 25.0. The van der Waals surface area contributed by atoms with Gasteiger partial charge in [-0.1, -0.05) is 0 Å². The van der Waals surface area contributed by atoms with Crippen molar-refractivity contribution in [1.82, 2.24) is 0 Å². The first kappa shape index (κ1) is 37.1. The maximum atomic E-state index is 0. The molecule has 37 valence electrons. The smallest absolute Gasteiger partial charge is 0 e. The van der Waals surface area contributed by atoms with Gasteiger partial charge in [-0.05, 0) is 0 Å². The van der Waals surface area contributed by atoms with Crippen molar-refractivity contribution in [3.05, 3.63) is 0 Å². The van der Waals surface area contributed by atoms with Gasteiger partial charge in [-0.25, -0.2) is 0 Å². The van der Waals surface area contributed by atoms with Crippen LogP contribution < -0.4 is 0 Å². The van der Waals surface area contributed by atoms with Crippen molar-refractivity contribution in [2.24, 2.45) is 0 Å². The maximum absolute atomic E-state index is 0. The zero-order valence-electron chi connectivity index (χ0n) is 2.01. The van der Waals surface area contributed by atoms with Gasteiger partial charge in [0, 0.05) is 89.8 Å². The van der Waals surface area contributed by atoms with Crippen LogP contribution in [0.4, 0.5) is 0 Å². The van der Waals surface area contributed by atoms with Crippen molar-refractivity contribution in [1.29, 1.82) is 0 Å². The molecule has 0 fully saturated rings. The van der Waals surface area contributed by atoms with E-state index in [4.69, 9.17) is 0 Å². The van der Waals surface area contributed by atoms with Gasteiger partial charge in [0.1, 0.15) is 0 Å². The molecule has 0 unspecified atom stereocenters. The Morgan fingerprint density at radius 1 is 0.600 bits per heavy atom. The number of hydrogen-bond acceptors (Lipinski definition) is 0. The molecule has 0 aromatic heterocycles. The Morgan fingerprint density at radius 2 is 0.600 bits per heavy atom. The molecule has 0 saturated heterocycles. The number of halogens is 3. The van der Waals surface area contributed by atoms with Gasteiger partial charge in [0.25, 0.3) is 0 Å². The Labute approximate surface area is 123 Å². The van der Waals surface area contributed by atoms with Crippen LogP contribution in [0.3, 0.4) is 0 Å². The van der Waals surface area contributed by atoms with E-state index in [1.54, 1.807) is 0 Å². The molecule has 0 aromatic carbocycles. The monoisotopic (exact) mass is 413 g/mol. The van der Waals surface area contributed by atoms with Crippen LogP contribution in [0.2, 0.25) is 0 Å². The predicted octanol–water partition coefficient (Wildman–Crippen LogP) is 1.27. The second-order valence-electron chi connectivity index (χ2n) is 0. The molecule has 5 heteroatoms. The van der Waals surface area contributed by atoms with E-state index in [1.165, 1.54) is 0 Å². The van der Waals surface area contributed by atoms with Crippen LogP contribution >= 0.6 is 37.2 Å². The molecule has 0 atom stereocenters. The molecular formula is H3Cl3EuSm. The third kappa shape index (κ3) is 18.2. The zero-order chi connectivity index (χ0) is 0. The molecule has 0 N–H and O–H groups in total. The van der Waals surface area contributed by atoms with E-state index < -0.39 is 0 Å². The van der Waals surface area contributed by atoms with Gasteiger partial charge in [-0.15, -0.1) is 37.2 Å². The molecule has 5 heavy (non-hydrogen) atoms. The van der Waals surface area contributed by atoms with Crippen LogP contribution in [0, 0.1) is 89.8 Å². The summed E-state index contributed by atoms with van der Waals surface area (Å²) in [5.74, 6) is 0. The van der Waals surface area contributed by atoms with Crippen LogP contribution in [0.15, 0.2) is 0 Å². The first-order valence-corrected chi connectivity index (χ1v) is 0. The summed E-state index contributed by atoms with van der Waals surface area (Å²) in [6.07, 6.45) is 0. The standard InChI is InChI=1S/3ClH.Eu.Sm/h3*1H;;. The summed E-state index contributed by atoms with van der Waals surface area (Å²) in [5.41, 5.74) is 0. The third-order valence-corrected chi connectivity index (χ3v) is 0. The van der Waals surface area contributed by atoms with Crippen molar-refractivity contribution >= 4 is 37.2 Å². The molecule has 0 saturated carbocycles. The van der Waals surface area contributed by atoms with Gasteiger partial charge in [-0.3, -0.25) is 0 Å². The molecule has 0 nitrogen and oxygen atoms in total. The minimum Gasteiger partial charge on any atom is -0.147 e. The molecule has 0 amide bonds. The summed E-state index contributed by atoms with van der Waals surface area (Å²) in [5, 5.41) is 0. The predicted molar refractivity (Wildman–Crippen MR) is 21.7 cm³/mol. The van der Waals surface area contributed by atoms with Gasteiger partial charge in [0.05, 0.1) is 0 Å². The fraction of sp³-hybridized carbons (Fsp3) is 0. The Hall–Kier alpha value is 3.79. The van der Waals surface area contributed by atoms with Gasteiger partial charge in [0.2, 0.25) is 0 Å². The van der Waals surface area contributed by atoms with E-state index in [9.17, 15) is 0 Å². The molecule has 0 rings (SSSR count). The molecule has 0 bridgehead atoms. The second-order valence-corrected chi connectivity index (χ2v) is 0. The van der Waals surface area contributed by atoms with Crippen molar-refractivity contribution < 1.29 is 89.8 Å². The number of rotatable bonds is 0. The summed E-state index contributed by atoms with van der Waals surface area (Å²) in [6, 6.07) is 0. The summed E-state index contributed by atoms with van der Waals surface area (Å²) >= 11 is 0. The van der Waals surface area contributed by atoms with Crippen LogP contribution in [0.25, 0.3) is 0 Å².